The number of hydrogen-bond acceptors (Lipinski definition) is 3. The average molecular weight is 236 g/mol. The molecule has 0 radical (unpaired) electrons. The topological polar surface area (TPSA) is 38.7 Å². The van der Waals surface area contributed by atoms with Gasteiger partial charge in [0.15, 0.2) is 6.79 Å². The van der Waals surface area contributed by atoms with Gasteiger partial charge in [0, 0.05) is 7.11 Å². The third kappa shape index (κ3) is 3.11. The lowest BCUT2D eigenvalue weighted by Crippen LogP contribution is -2.10. The van der Waals surface area contributed by atoms with E-state index in [0.29, 0.717) is 0 Å². The molecule has 1 N–H and O–H groups in total. The number of ether oxygens (including phenoxy) is 2. The van der Waals surface area contributed by atoms with Crippen LogP contribution in [0, 0.1) is 0 Å². The van der Waals surface area contributed by atoms with Crippen molar-refractivity contribution in [1.82, 2.24) is 0 Å². The maximum Gasteiger partial charge on any atom is 0.419 e. The molecule has 6 heteroatoms. The minimum atomic E-state index is -4.52. The maximum atomic E-state index is 12.6. The molecule has 0 heterocycles. The van der Waals surface area contributed by atoms with Crippen LogP contribution in [0.15, 0.2) is 18.2 Å². The normalized spacial score (nSPS) is 11.6. The summed E-state index contributed by atoms with van der Waals surface area (Å²) in [7, 11) is 1.31. The zero-order valence-electron chi connectivity index (χ0n) is 8.54. The summed E-state index contributed by atoms with van der Waals surface area (Å²) in [4.78, 5) is 0. The zero-order chi connectivity index (χ0) is 12.2. The highest BCUT2D eigenvalue weighted by Gasteiger charge is 2.34. The van der Waals surface area contributed by atoms with Crippen LogP contribution in [0.3, 0.4) is 0 Å². The van der Waals surface area contributed by atoms with Crippen LogP contribution < -0.4 is 4.74 Å². The Balaban J connectivity index is 3.06. The monoisotopic (exact) mass is 236 g/mol. The number of rotatable bonds is 4. The van der Waals surface area contributed by atoms with Gasteiger partial charge in [-0.3, -0.25) is 0 Å². The maximum absolute atomic E-state index is 12.6. The van der Waals surface area contributed by atoms with Crippen LogP contribution in [0.2, 0.25) is 0 Å². The highest BCUT2D eigenvalue weighted by atomic mass is 19.4. The first-order valence-electron chi connectivity index (χ1n) is 4.41. The number of halogens is 3. The molecular formula is C10H11F3O3. The van der Waals surface area contributed by atoms with E-state index in [4.69, 9.17) is 9.84 Å². The smallest absolute Gasteiger partial charge is 0.419 e. The molecule has 0 aliphatic carbocycles. The van der Waals surface area contributed by atoms with Crippen molar-refractivity contribution in [2.24, 2.45) is 0 Å². The molecule has 1 aromatic rings. The lowest BCUT2D eigenvalue weighted by molar-refractivity contribution is -0.139. The first kappa shape index (κ1) is 12.8. The quantitative estimate of drug-likeness (QED) is 0.814. The lowest BCUT2D eigenvalue weighted by atomic mass is 10.1. The lowest BCUT2D eigenvalue weighted by Gasteiger charge is -2.14. The molecule has 0 saturated carbocycles. The van der Waals surface area contributed by atoms with E-state index in [1.54, 1.807) is 0 Å². The number of alkyl halides is 3. The number of hydrogen-bond donors (Lipinski definition) is 1. The Labute approximate surface area is 90.4 Å². The Morgan fingerprint density at radius 1 is 1.31 bits per heavy atom. The summed E-state index contributed by atoms with van der Waals surface area (Å²) in [6, 6.07) is 3.37. The van der Waals surface area contributed by atoms with Gasteiger partial charge >= 0.3 is 6.18 Å². The molecule has 0 spiro atoms. The SMILES string of the molecule is COCOc1ccc(CO)cc1C(F)(F)F. The van der Waals surface area contributed by atoms with E-state index in [0.717, 1.165) is 12.1 Å². The van der Waals surface area contributed by atoms with Crippen molar-refractivity contribution in [3.8, 4) is 5.75 Å². The Bertz CT molecular complexity index is 350. The molecule has 1 aromatic carbocycles. The zero-order valence-corrected chi connectivity index (χ0v) is 8.54. The minimum absolute atomic E-state index is 0.178. The van der Waals surface area contributed by atoms with E-state index in [-0.39, 0.29) is 18.1 Å². The third-order valence-corrected chi connectivity index (χ3v) is 1.86. The molecular weight excluding hydrogens is 225 g/mol. The predicted molar refractivity (Wildman–Crippen MR) is 49.9 cm³/mol. The second-order valence-corrected chi connectivity index (χ2v) is 3.04. The Hall–Kier alpha value is -1.27. The van der Waals surface area contributed by atoms with E-state index in [1.807, 2.05) is 0 Å². The average Bonchev–Trinajstić information content (AvgIpc) is 2.25. The van der Waals surface area contributed by atoms with Crippen LogP contribution in [-0.2, 0) is 17.5 Å². The summed E-state index contributed by atoms with van der Waals surface area (Å²) in [5.41, 5.74) is -0.742. The van der Waals surface area contributed by atoms with Crippen LogP contribution in [0.5, 0.6) is 5.75 Å². The fraction of sp³-hybridized carbons (Fsp3) is 0.400. The number of methoxy groups -OCH3 is 1. The Kier molecular flexibility index (Phi) is 4.14. The minimum Gasteiger partial charge on any atom is -0.467 e. The molecule has 0 fully saturated rings. The second kappa shape index (κ2) is 5.18. The fourth-order valence-electron chi connectivity index (χ4n) is 1.15. The van der Waals surface area contributed by atoms with Gasteiger partial charge < -0.3 is 14.6 Å². The van der Waals surface area contributed by atoms with Crippen LogP contribution >= 0.6 is 0 Å². The van der Waals surface area contributed by atoms with Gasteiger partial charge in [-0.1, -0.05) is 6.07 Å². The molecule has 1 rings (SSSR count). The molecule has 16 heavy (non-hydrogen) atoms. The van der Waals surface area contributed by atoms with Crippen molar-refractivity contribution in [3.05, 3.63) is 29.3 Å². The third-order valence-electron chi connectivity index (χ3n) is 1.86. The van der Waals surface area contributed by atoms with E-state index >= 15 is 0 Å². The standard InChI is InChI=1S/C10H11F3O3/c1-15-6-16-9-3-2-7(5-14)4-8(9)10(11,12)13/h2-4,14H,5-6H2,1H3. The molecule has 0 atom stereocenters. The van der Waals surface area contributed by atoms with Gasteiger partial charge in [-0.25, -0.2) is 0 Å². The van der Waals surface area contributed by atoms with Crippen molar-refractivity contribution in [1.29, 1.82) is 0 Å². The molecule has 3 nitrogen and oxygen atoms in total. The van der Waals surface area contributed by atoms with E-state index in [9.17, 15) is 13.2 Å². The van der Waals surface area contributed by atoms with Gasteiger partial charge in [-0.05, 0) is 17.7 Å². The second-order valence-electron chi connectivity index (χ2n) is 3.04. The van der Waals surface area contributed by atoms with Gasteiger partial charge in [0.2, 0.25) is 0 Å². The highest BCUT2D eigenvalue weighted by Crippen LogP contribution is 2.36. The summed E-state index contributed by atoms with van der Waals surface area (Å²) in [5.74, 6) is -0.313. The highest BCUT2D eigenvalue weighted by molar-refractivity contribution is 5.39. The van der Waals surface area contributed by atoms with Gasteiger partial charge in [-0.15, -0.1) is 0 Å². The molecule has 0 amide bonds. The van der Waals surface area contributed by atoms with Gasteiger partial charge in [0.1, 0.15) is 5.75 Å². The van der Waals surface area contributed by atoms with Crippen LogP contribution in [0.25, 0.3) is 0 Å². The van der Waals surface area contributed by atoms with Crippen LogP contribution in [0.1, 0.15) is 11.1 Å². The number of aliphatic hydroxyl groups excluding tert-OH is 1. The Morgan fingerprint density at radius 2 is 2.00 bits per heavy atom. The van der Waals surface area contributed by atoms with Crippen LogP contribution in [0.4, 0.5) is 13.2 Å². The van der Waals surface area contributed by atoms with Gasteiger partial charge in [0.25, 0.3) is 0 Å². The van der Waals surface area contributed by atoms with E-state index < -0.39 is 18.3 Å². The van der Waals surface area contributed by atoms with Crippen molar-refractivity contribution >= 4 is 0 Å². The summed E-state index contributed by atoms with van der Waals surface area (Å²) >= 11 is 0. The molecule has 0 bridgehead atoms. The van der Waals surface area contributed by atoms with Crippen molar-refractivity contribution < 1.29 is 27.8 Å². The summed E-state index contributed by atoms with van der Waals surface area (Å²) in [5, 5.41) is 8.76. The van der Waals surface area contributed by atoms with Crippen molar-refractivity contribution in [2.75, 3.05) is 13.9 Å². The molecule has 90 valence electrons. The molecule has 0 aromatic heterocycles. The molecule has 0 aliphatic heterocycles. The van der Waals surface area contributed by atoms with Crippen molar-refractivity contribution in [2.45, 2.75) is 12.8 Å². The number of benzene rings is 1. The fourth-order valence-corrected chi connectivity index (χ4v) is 1.15. The molecule has 0 unspecified atom stereocenters. The summed E-state index contributed by atoms with van der Waals surface area (Å²) < 4.78 is 47.1. The predicted octanol–water partition coefficient (Wildman–Crippen LogP) is 2.18. The first-order chi connectivity index (χ1) is 7.49. The van der Waals surface area contributed by atoms with E-state index in [2.05, 4.69) is 4.74 Å². The number of aliphatic hydroxyl groups is 1. The Morgan fingerprint density at radius 3 is 2.50 bits per heavy atom. The summed E-state index contributed by atoms with van der Waals surface area (Å²) in [6.07, 6.45) is -4.52. The largest absolute Gasteiger partial charge is 0.467 e. The van der Waals surface area contributed by atoms with Gasteiger partial charge in [-0.2, -0.15) is 13.2 Å². The van der Waals surface area contributed by atoms with Crippen LogP contribution in [-0.4, -0.2) is 19.0 Å². The van der Waals surface area contributed by atoms with Crippen molar-refractivity contribution in [3.63, 3.8) is 0 Å². The molecule has 0 aliphatic rings. The van der Waals surface area contributed by atoms with E-state index in [1.165, 1.54) is 13.2 Å². The summed E-state index contributed by atoms with van der Waals surface area (Å²) in [6.45, 7) is -0.713. The molecule has 0 saturated heterocycles. The van der Waals surface area contributed by atoms with Gasteiger partial charge in [0.05, 0.1) is 12.2 Å². The first-order valence-corrected chi connectivity index (χ1v) is 4.41.